The number of halogens is 1. The molecule has 1 aromatic heterocycles. The standard InChI is InChI=1S/C12H19BrN2O2/c1-5-10-14-9(13)8-11(15-10)17-7-6-12(2,3)16-4/h8H,5-7H2,1-4H3. The summed E-state index contributed by atoms with van der Waals surface area (Å²) >= 11 is 3.34. The Labute approximate surface area is 111 Å². The molecule has 0 fully saturated rings. The number of aromatic nitrogens is 2. The third-order valence-corrected chi connectivity index (χ3v) is 2.95. The van der Waals surface area contributed by atoms with E-state index in [0.717, 1.165) is 23.3 Å². The van der Waals surface area contributed by atoms with Crippen LogP contribution in [0.1, 0.15) is 33.0 Å². The van der Waals surface area contributed by atoms with Crippen LogP contribution >= 0.6 is 15.9 Å². The molecule has 0 saturated carbocycles. The van der Waals surface area contributed by atoms with Gasteiger partial charge in [-0.2, -0.15) is 4.98 Å². The molecule has 0 N–H and O–H groups in total. The van der Waals surface area contributed by atoms with E-state index in [9.17, 15) is 0 Å². The summed E-state index contributed by atoms with van der Waals surface area (Å²) in [5.41, 5.74) is -0.169. The molecule has 0 radical (unpaired) electrons. The highest BCUT2D eigenvalue weighted by molar-refractivity contribution is 9.10. The molecule has 0 aromatic carbocycles. The van der Waals surface area contributed by atoms with Gasteiger partial charge in [-0.15, -0.1) is 0 Å². The summed E-state index contributed by atoms with van der Waals surface area (Å²) in [6.07, 6.45) is 1.60. The molecule has 0 unspecified atom stereocenters. The number of methoxy groups -OCH3 is 1. The highest BCUT2D eigenvalue weighted by Crippen LogP contribution is 2.17. The normalized spacial score (nSPS) is 11.6. The number of aryl methyl sites for hydroxylation is 1. The minimum absolute atomic E-state index is 0.169. The highest BCUT2D eigenvalue weighted by Gasteiger charge is 2.16. The van der Waals surface area contributed by atoms with Crippen LogP contribution in [-0.4, -0.2) is 29.3 Å². The van der Waals surface area contributed by atoms with E-state index in [1.165, 1.54) is 0 Å². The molecule has 0 aliphatic rings. The first-order valence-corrected chi connectivity index (χ1v) is 6.47. The molecular weight excluding hydrogens is 284 g/mol. The van der Waals surface area contributed by atoms with Gasteiger partial charge in [-0.3, -0.25) is 0 Å². The van der Waals surface area contributed by atoms with Gasteiger partial charge in [-0.1, -0.05) is 6.92 Å². The monoisotopic (exact) mass is 302 g/mol. The molecule has 4 nitrogen and oxygen atoms in total. The van der Waals surface area contributed by atoms with Gasteiger partial charge in [0.05, 0.1) is 12.2 Å². The van der Waals surface area contributed by atoms with Gasteiger partial charge in [0.15, 0.2) is 0 Å². The molecule has 0 saturated heterocycles. The number of ether oxygens (including phenoxy) is 2. The van der Waals surface area contributed by atoms with Crippen LogP contribution in [0.15, 0.2) is 10.7 Å². The van der Waals surface area contributed by atoms with E-state index in [4.69, 9.17) is 9.47 Å². The van der Waals surface area contributed by atoms with Crippen LogP contribution in [-0.2, 0) is 11.2 Å². The van der Waals surface area contributed by atoms with Crippen LogP contribution in [0.2, 0.25) is 0 Å². The van der Waals surface area contributed by atoms with Gasteiger partial charge >= 0.3 is 0 Å². The van der Waals surface area contributed by atoms with Crippen LogP contribution < -0.4 is 4.74 Å². The first kappa shape index (κ1) is 14.4. The first-order chi connectivity index (χ1) is 7.96. The maximum absolute atomic E-state index is 5.61. The second kappa shape index (κ2) is 6.31. The van der Waals surface area contributed by atoms with Crippen molar-refractivity contribution in [1.29, 1.82) is 0 Å². The van der Waals surface area contributed by atoms with Crippen LogP contribution in [0, 0.1) is 0 Å². The zero-order chi connectivity index (χ0) is 12.9. The maximum Gasteiger partial charge on any atom is 0.217 e. The lowest BCUT2D eigenvalue weighted by atomic mass is 10.1. The molecule has 0 bridgehead atoms. The molecule has 0 aliphatic heterocycles. The summed E-state index contributed by atoms with van der Waals surface area (Å²) in [5, 5.41) is 0. The molecule has 0 spiro atoms. The van der Waals surface area contributed by atoms with E-state index in [0.29, 0.717) is 12.5 Å². The fraction of sp³-hybridized carbons (Fsp3) is 0.667. The van der Waals surface area contributed by atoms with Gasteiger partial charge < -0.3 is 9.47 Å². The van der Waals surface area contributed by atoms with E-state index in [2.05, 4.69) is 25.9 Å². The number of hydrogen-bond donors (Lipinski definition) is 0. The van der Waals surface area contributed by atoms with Gasteiger partial charge in [0.25, 0.3) is 0 Å². The fourth-order valence-corrected chi connectivity index (χ4v) is 1.58. The number of hydrogen-bond acceptors (Lipinski definition) is 4. The topological polar surface area (TPSA) is 44.2 Å². The second-order valence-corrected chi connectivity index (χ2v) is 5.17. The van der Waals surface area contributed by atoms with Gasteiger partial charge in [-0.05, 0) is 29.8 Å². The van der Waals surface area contributed by atoms with E-state index < -0.39 is 0 Å². The second-order valence-electron chi connectivity index (χ2n) is 4.36. The molecule has 1 heterocycles. The summed E-state index contributed by atoms with van der Waals surface area (Å²) in [7, 11) is 1.70. The van der Waals surface area contributed by atoms with Crippen molar-refractivity contribution < 1.29 is 9.47 Å². The van der Waals surface area contributed by atoms with E-state index >= 15 is 0 Å². The summed E-state index contributed by atoms with van der Waals surface area (Å²) in [5.74, 6) is 1.39. The lowest BCUT2D eigenvalue weighted by molar-refractivity contribution is 0.00505. The SMILES string of the molecule is CCc1nc(Br)cc(OCCC(C)(C)OC)n1. The Morgan fingerprint density at radius 1 is 1.35 bits per heavy atom. The average molecular weight is 303 g/mol. The molecule has 0 atom stereocenters. The van der Waals surface area contributed by atoms with Crippen molar-refractivity contribution in [2.24, 2.45) is 0 Å². The van der Waals surface area contributed by atoms with Crippen LogP contribution in [0.3, 0.4) is 0 Å². The number of nitrogens with zero attached hydrogens (tertiary/aromatic N) is 2. The Hall–Kier alpha value is -0.680. The molecule has 0 aliphatic carbocycles. The number of rotatable bonds is 6. The predicted molar refractivity (Wildman–Crippen MR) is 70.3 cm³/mol. The van der Waals surface area contributed by atoms with Gasteiger partial charge in [0.1, 0.15) is 10.4 Å². The molecule has 0 amide bonds. The van der Waals surface area contributed by atoms with Crippen molar-refractivity contribution in [3.8, 4) is 5.88 Å². The van der Waals surface area contributed by atoms with Gasteiger partial charge in [0.2, 0.25) is 5.88 Å². The molecule has 1 rings (SSSR count). The highest BCUT2D eigenvalue weighted by atomic mass is 79.9. The molecule has 96 valence electrons. The Morgan fingerprint density at radius 3 is 2.65 bits per heavy atom. The van der Waals surface area contributed by atoms with E-state index in [1.807, 2.05) is 20.8 Å². The van der Waals surface area contributed by atoms with Crippen LogP contribution in [0.5, 0.6) is 5.88 Å². The Morgan fingerprint density at radius 2 is 2.06 bits per heavy atom. The first-order valence-electron chi connectivity index (χ1n) is 5.68. The van der Waals surface area contributed by atoms with E-state index in [1.54, 1.807) is 13.2 Å². The Balaban J connectivity index is 2.55. The zero-order valence-electron chi connectivity index (χ0n) is 10.8. The lowest BCUT2D eigenvalue weighted by Crippen LogP contribution is -2.25. The van der Waals surface area contributed by atoms with E-state index in [-0.39, 0.29) is 5.60 Å². The fourth-order valence-electron chi connectivity index (χ4n) is 1.18. The average Bonchev–Trinajstić information content (AvgIpc) is 2.28. The zero-order valence-corrected chi connectivity index (χ0v) is 12.4. The van der Waals surface area contributed by atoms with Crippen molar-refractivity contribution in [2.45, 2.75) is 39.2 Å². The molecule has 1 aromatic rings. The minimum Gasteiger partial charge on any atom is -0.477 e. The third kappa shape index (κ3) is 5.00. The maximum atomic E-state index is 5.61. The Bertz CT molecular complexity index is 370. The summed E-state index contributed by atoms with van der Waals surface area (Å²) in [6, 6.07) is 1.78. The summed E-state index contributed by atoms with van der Waals surface area (Å²) < 4.78 is 11.7. The Kier molecular flexibility index (Phi) is 5.33. The van der Waals surface area contributed by atoms with Gasteiger partial charge in [0, 0.05) is 26.0 Å². The lowest BCUT2D eigenvalue weighted by Gasteiger charge is -2.22. The molecular formula is C12H19BrN2O2. The van der Waals surface area contributed by atoms with Crippen molar-refractivity contribution in [2.75, 3.05) is 13.7 Å². The predicted octanol–water partition coefficient (Wildman–Crippen LogP) is 3.00. The smallest absolute Gasteiger partial charge is 0.217 e. The minimum atomic E-state index is -0.169. The van der Waals surface area contributed by atoms with Crippen molar-refractivity contribution in [3.05, 3.63) is 16.5 Å². The molecule has 17 heavy (non-hydrogen) atoms. The quantitative estimate of drug-likeness (QED) is 0.758. The van der Waals surface area contributed by atoms with Crippen LogP contribution in [0.25, 0.3) is 0 Å². The van der Waals surface area contributed by atoms with Crippen molar-refractivity contribution >= 4 is 15.9 Å². The van der Waals surface area contributed by atoms with Crippen molar-refractivity contribution in [3.63, 3.8) is 0 Å². The molecule has 5 heteroatoms. The summed E-state index contributed by atoms with van der Waals surface area (Å²) in [6.45, 7) is 6.65. The summed E-state index contributed by atoms with van der Waals surface area (Å²) in [4.78, 5) is 8.52. The third-order valence-electron chi connectivity index (χ3n) is 2.54. The largest absolute Gasteiger partial charge is 0.477 e. The van der Waals surface area contributed by atoms with Crippen LogP contribution in [0.4, 0.5) is 0 Å². The van der Waals surface area contributed by atoms with Gasteiger partial charge in [-0.25, -0.2) is 4.98 Å². The van der Waals surface area contributed by atoms with Crippen molar-refractivity contribution in [1.82, 2.24) is 9.97 Å².